The SMILES string of the molecule is COc1ccnc(N2CCC(C)C2C(=O)O)n1. The van der Waals surface area contributed by atoms with Gasteiger partial charge < -0.3 is 14.7 Å². The van der Waals surface area contributed by atoms with Crippen molar-refractivity contribution in [3.63, 3.8) is 0 Å². The Bertz CT molecular complexity index is 424. The van der Waals surface area contributed by atoms with Gasteiger partial charge in [0, 0.05) is 18.8 Å². The summed E-state index contributed by atoms with van der Waals surface area (Å²) in [5.74, 6) is 0.128. The number of ether oxygens (including phenoxy) is 1. The third kappa shape index (κ3) is 2.15. The van der Waals surface area contributed by atoms with Crippen LogP contribution in [0.25, 0.3) is 0 Å². The van der Waals surface area contributed by atoms with Gasteiger partial charge in [-0.3, -0.25) is 0 Å². The summed E-state index contributed by atoms with van der Waals surface area (Å²) in [6, 6.07) is 1.08. The summed E-state index contributed by atoms with van der Waals surface area (Å²) in [6.45, 7) is 2.59. The molecule has 1 fully saturated rings. The molecule has 1 aliphatic heterocycles. The zero-order valence-corrected chi connectivity index (χ0v) is 9.83. The highest BCUT2D eigenvalue weighted by molar-refractivity contribution is 5.78. The number of rotatable bonds is 3. The molecule has 1 aliphatic rings. The van der Waals surface area contributed by atoms with Crippen molar-refractivity contribution in [3.05, 3.63) is 12.3 Å². The average molecular weight is 237 g/mol. The van der Waals surface area contributed by atoms with Crippen LogP contribution in [0.2, 0.25) is 0 Å². The molecule has 17 heavy (non-hydrogen) atoms. The first-order valence-corrected chi connectivity index (χ1v) is 5.50. The van der Waals surface area contributed by atoms with Crippen LogP contribution < -0.4 is 9.64 Å². The number of carboxylic acid groups (broad SMARTS) is 1. The maximum atomic E-state index is 11.2. The summed E-state index contributed by atoms with van der Waals surface area (Å²) in [4.78, 5) is 21.2. The van der Waals surface area contributed by atoms with E-state index in [4.69, 9.17) is 4.74 Å². The lowest BCUT2D eigenvalue weighted by molar-refractivity contribution is -0.139. The number of methoxy groups -OCH3 is 1. The van der Waals surface area contributed by atoms with Crippen molar-refractivity contribution in [2.24, 2.45) is 5.92 Å². The summed E-state index contributed by atoms with van der Waals surface area (Å²) < 4.78 is 5.01. The van der Waals surface area contributed by atoms with Crippen molar-refractivity contribution >= 4 is 11.9 Å². The van der Waals surface area contributed by atoms with E-state index in [9.17, 15) is 9.90 Å². The largest absolute Gasteiger partial charge is 0.481 e. The molecule has 1 aromatic rings. The van der Waals surface area contributed by atoms with Crippen LogP contribution >= 0.6 is 0 Å². The Morgan fingerprint density at radius 1 is 1.65 bits per heavy atom. The van der Waals surface area contributed by atoms with Crippen molar-refractivity contribution in [3.8, 4) is 5.88 Å². The molecule has 6 heteroatoms. The normalized spacial score (nSPS) is 23.8. The Morgan fingerprint density at radius 3 is 3.06 bits per heavy atom. The van der Waals surface area contributed by atoms with Gasteiger partial charge in [-0.1, -0.05) is 6.92 Å². The van der Waals surface area contributed by atoms with Gasteiger partial charge in [-0.25, -0.2) is 9.78 Å². The fourth-order valence-electron chi connectivity index (χ4n) is 2.13. The van der Waals surface area contributed by atoms with E-state index < -0.39 is 12.0 Å². The lowest BCUT2D eigenvalue weighted by Gasteiger charge is -2.23. The van der Waals surface area contributed by atoms with Gasteiger partial charge >= 0.3 is 5.97 Å². The second-order valence-corrected chi connectivity index (χ2v) is 4.14. The smallest absolute Gasteiger partial charge is 0.326 e. The lowest BCUT2D eigenvalue weighted by atomic mass is 10.0. The molecule has 2 heterocycles. The van der Waals surface area contributed by atoms with Gasteiger partial charge in [0.1, 0.15) is 6.04 Å². The van der Waals surface area contributed by atoms with E-state index in [-0.39, 0.29) is 5.92 Å². The molecule has 1 N–H and O–H groups in total. The molecule has 0 radical (unpaired) electrons. The zero-order chi connectivity index (χ0) is 12.4. The molecule has 0 bridgehead atoms. The van der Waals surface area contributed by atoms with E-state index in [2.05, 4.69) is 9.97 Å². The minimum absolute atomic E-state index is 0.0994. The maximum absolute atomic E-state index is 11.2. The number of nitrogens with zero attached hydrogens (tertiary/aromatic N) is 3. The Labute approximate surface area is 99.2 Å². The molecule has 0 saturated carbocycles. The molecule has 2 rings (SSSR count). The molecule has 1 aromatic heterocycles. The summed E-state index contributed by atoms with van der Waals surface area (Å²) in [5.41, 5.74) is 0. The second-order valence-electron chi connectivity index (χ2n) is 4.14. The molecule has 92 valence electrons. The van der Waals surface area contributed by atoms with Crippen LogP contribution in [-0.4, -0.2) is 40.7 Å². The summed E-state index contributed by atoms with van der Waals surface area (Å²) in [5, 5.41) is 9.21. The van der Waals surface area contributed by atoms with Crippen LogP contribution in [0, 0.1) is 5.92 Å². The molecule has 0 amide bonds. The molecule has 6 nitrogen and oxygen atoms in total. The van der Waals surface area contributed by atoms with Gasteiger partial charge in [0.15, 0.2) is 0 Å². The minimum atomic E-state index is -0.832. The topological polar surface area (TPSA) is 75.5 Å². The van der Waals surface area contributed by atoms with E-state index in [0.29, 0.717) is 18.4 Å². The molecule has 2 unspecified atom stereocenters. The molecule has 0 spiro atoms. The number of carboxylic acids is 1. The number of anilines is 1. The first kappa shape index (κ1) is 11.6. The van der Waals surface area contributed by atoms with Crippen LogP contribution in [0.1, 0.15) is 13.3 Å². The van der Waals surface area contributed by atoms with Gasteiger partial charge in [0.2, 0.25) is 11.8 Å². The van der Waals surface area contributed by atoms with Crippen LogP contribution in [0.15, 0.2) is 12.3 Å². The number of carbonyl (C=O) groups is 1. The van der Waals surface area contributed by atoms with E-state index in [1.807, 2.05) is 6.92 Å². The van der Waals surface area contributed by atoms with Crippen LogP contribution in [0.4, 0.5) is 5.95 Å². The highest BCUT2D eigenvalue weighted by Gasteiger charge is 2.38. The predicted octanol–water partition coefficient (Wildman–Crippen LogP) is 0.785. The van der Waals surface area contributed by atoms with Gasteiger partial charge in [0.05, 0.1) is 7.11 Å². The average Bonchev–Trinajstić information content (AvgIpc) is 2.71. The Morgan fingerprint density at radius 2 is 2.41 bits per heavy atom. The zero-order valence-electron chi connectivity index (χ0n) is 9.83. The Balaban J connectivity index is 2.29. The van der Waals surface area contributed by atoms with Crippen molar-refractivity contribution in [1.29, 1.82) is 0 Å². The number of aromatic nitrogens is 2. The standard InChI is InChI=1S/C11H15N3O3/c1-7-4-6-14(9(7)10(15)16)11-12-5-3-8(13-11)17-2/h3,5,7,9H,4,6H2,1-2H3,(H,15,16). The Kier molecular flexibility index (Phi) is 3.12. The molecule has 1 saturated heterocycles. The van der Waals surface area contributed by atoms with E-state index in [0.717, 1.165) is 6.42 Å². The fraction of sp³-hybridized carbons (Fsp3) is 0.545. The van der Waals surface area contributed by atoms with E-state index in [1.165, 1.54) is 7.11 Å². The van der Waals surface area contributed by atoms with Crippen molar-refractivity contribution < 1.29 is 14.6 Å². The van der Waals surface area contributed by atoms with Gasteiger partial charge in [-0.15, -0.1) is 0 Å². The third-order valence-corrected chi connectivity index (χ3v) is 3.04. The predicted molar refractivity (Wildman–Crippen MR) is 61.1 cm³/mol. The highest BCUT2D eigenvalue weighted by atomic mass is 16.5. The summed E-state index contributed by atoms with van der Waals surface area (Å²) in [6.07, 6.45) is 2.40. The molecule has 0 aromatic carbocycles. The highest BCUT2D eigenvalue weighted by Crippen LogP contribution is 2.28. The first-order chi connectivity index (χ1) is 8.13. The molecular formula is C11H15N3O3. The lowest BCUT2D eigenvalue weighted by Crippen LogP contribution is -2.39. The van der Waals surface area contributed by atoms with Crippen LogP contribution in [0.3, 0.4) is 0 Å². The Hall–Kier alpha value is -1.85. The van der Waals surface area contributed by atoms with Crippen LogP contribution in [0.5, 0.6) is 5.88 Å². The van der Waals surface area contributed by atoms with Crippen LogP contribution in [-0.2, 0) is 4.79 Å². The van der Waals surface area contributed by atoms with E-state index >= 15 is 0 Å². The van der Waals surface area contributed by atoms with Crippen molar-refractivity contribution in [1.82, 2.24) is 9.97 Å². The fourth-order valence-corrected chi connectivity index (χ4v) is 2.13. The first-order valence-electron chi connectivity index (χ1n) is 5.50. The summed E-state index contributed by atoms with van der Waals surface area (Å²) >= 11 is 0. The molecule has 2 atom stereocenters. The summed E-state index contributed by atoms with van der Waals surface area (Å²) in [7, 11) is 1.52. The van der Waals surface area contributed by atoms with Gasteiger partial charge in [-0.2, -0.15) is 4.98 Å². The molecular weight excluding hydrogens is 222 g/mol. The quantitative estimate of drug-likeness (QED) is 0.837. The van der Waals surface area contributed by atoms with Gasteiger partial charge in [-0.05, 0) is 12.3 Å². The minimum Gasteiger partial charge on any atom is -0.481 e. The second kappa shape index (κ2) is 4.57. The maximum Gasteiger partial charge on any atom is 0.326 e. The third-order valence-electron chi connectivity index (χ3n) is 3.04. The van der Waals surface area contributed by atoms with E-state index in [1.54, 1.807) is 17.2 Å². The van der Waals surface area contributed by atoms with Crippen molar-refractivity contribution in [2.75, 3.05) is 18.6 Å². The monoisotopic (exact) mass is 237 g/mol. The molecule has 0 aliphatic carbocycles. The van der Waals surface area contributed by atoms with Gasteiger partial charge in [0.25, 0.3) is 0 Å². The van der Waals surface area contributed by atoms with Crippen molar-refractivity contribution in [2.45, 2.75) is 19.4 Å². The number of hydrogen-bond donors (Lipinski definition) is 1. The number of hydrogen-bond acceptors (Lipinski definition) is 5. The number of aliphatic carboxylic acids is 1.